The van der Waals surface area contributed by atoms with Crippen LogP contribution >= 0.6 is 7.92 Å². The van der Waals surface area contributed by atoms with Gasteiger partial charge in [0.1, 0.15) is 0 Å². The largest absolute Gasteiger partial charge is 0.208 e. The molecular formula is C40H27N4P. The summed E-state index contributed by atoms with van der Waals surface area (Å²) < 4.78 is 0. The van der Waals surface area contributed by atoms with E-state index in [2.05, 4.69) is 72.8 Å². The van der Waals surface area contributed by atoms with Crippen molar-refractivity contribution in [3.8, 4) is 51.4 Å². The Hall–Kier alpha value is -5.75. The number of aromatic nitrogens is 3. The van der Waals surface area contributed by atoms with Crippen molar-refractivity contribution in [2.45, 2.75) is 0 Å². The van der Waals surface area contributed by atoms with Crippen LogP contribution in [0.25, 0.3) is 45.3 Å². The molecule has 0 aliphatic carbocycles. The van der Waals surface area contributed by atoms with Gasteiger partial charge in [-0.25, -0.2) is 15.0 Å². The van der Waals surface area contributed by atoms with Gasteiger partial charge in [0, 0.05) is 16.7 Å². The molecule has 0 amide bonds. The molecule has 45 heavy (non-hydrogen) atoms. The van der Waals surface area contributed by atoms with E-state index in [4.69, 9.17) is 15.0 Å². The van der Waals surface area contributed by atoms with Crippen molar-refractivity contribution in [2.75, 3.05) is 0 Å². The summed E-state index contributed by atoms with van der Waals surface area (Å²) in [5.74, 6) is 1.84. The predicted octanol–water partition coefficient (Wildman–Crippen LogP) is 8.17. The highest BCUT2D eigenvalue weighted by molar-refractivity contribution is 7.79. The lowest BCUT2D eigenvalue weighted by atomic mass is 10.0. The van der Waals surface area contributed by atoms with E-state index in [0.717, 1.165) is 33.1 Å². The lowest BCUT2D eigenvalue weighted by molar-refractivity contribution is 1.07. The first-order valence-corrected chi connectivity index (χ1v) is 16.0. The summed E-state index contributed by atoms with van der Waals surface area (Å²) in [5.41, 5.74) is 5.33. The second kappa shape index (κ2) is 12.9. The average Bonchev–Trinajstić information content (AvgIpc) is 3.13. The van der Waals surface area contributed by atoms with Gasteiger partial charge in [-0.15, -0.1) is 0 Å². The number of hydrogen-bond donors (Lipinski definition) is 0. The zero-order chi connectivity index (χ0) is 30.4. The van der Waals surface area contributed by atoms with Gasteiger partial charge in [0.25, 0.3) is 0 Å². The van der Waals surface area contributed by atoms with Crippen LogP contribution in [0.15, 0.2) is 164 Å². The third kappa shape index (κ3) is 6.17. The van der Waals surface area contributed by atoms with Gasteiger partial charge in [-0.05, 0) is 59.2 Å². The molecule has 0 N–H and O–H groups in total. The molecule has 1 aromatic heterocycles. The van der Waals surface area contributed by atoms with E-state index in [9.17, 15) is 5.26 Å². The molecule has 7 rings (SSSR count). The fourth-order valence-electron chi connectivity index (χ4n) is 5.35. The van der Waals surface area contributed by atoms with E-state index in [1.807, 2.05) is 97.1 Å². The Morgan fingerprint density at radius 3 is 1.33 bits per heavy atom. The maximum absolute atomic E-state index is 10.1. The number of rotatable bonds is 7. The minimum Gasteiger partial charge on any atom is -0.208 e. The standard InChI is InChI=1S/C40H27N4P/c41-28-29-24-34(27-37(25-29)45(35-20-9-3-10-21-35)36-22-11-4-12-23-36)32-18-13-19-33(26-32)40-43-38(30-14-5-1-6-15-30)42-39(44-40)31-16-7-2-8-17-31/h1-27H. The highest BCUT2D eigenvalue weighted by Crippen LogP contribution is 2.35. The van der Waals surface area contributed by atoms with Gasteiger partial charge in [-0.1, -0.05) is 140 Å². The molecule has 0 saturated heterocycles. The molecule has 0 atom stereocenters. The Labute approximate surface area is 264 Å². The van der Waals surface area contributed by atoms with Crippen LogP contribution in [0.3, 0.4) is 0 Å². The SMILES string of the molecule is N#Cc1cc(-c2cccc(-c3nc(-c4ccccc4)nc(-c4ccccc4)n3)c2)cc(P(c2ccccc2)c2ccccc2)c1. The Balaban J connectivity index is 1.35. The van der Waals surface area contributed by atoms with Gasteiger partial charge in [0.2, 0.25) is 0 Å². The highest BCUT2D eigenvalue weighted by Gasteiger charge is 2.19. The number of nitrogens with zero attached hydrogens (tertiary/aromatic N) is 4. The van der Waals surface area contributed by atoms with Crippen LogP contribution < -0.4 is 15.9 Å². The number of nitriles is 1. The topological polar surface area (TPSA) is 62.5 Å². The first kappa shape index (κ1) is 28.0. The van der Waals surface area contributed by atoms with Crippen LogP contribution in [0.2, 0.25) is 0 Å². The van der Waals surface area contributed by atoms with Crippen LogP contribution in [0.5, 0.6) is 0 Å². The molecule has 5 heteroatoms. The summed E-state index contributed by atoms with van der Waals surface area (Å²) in [5, 5.41) is 13.7. The summed E-state index contributed by atoms with van der Waals surface area (Å²) in [4.78, 5) is 14.7. The summed E-state index contributed by atoms with van der Waals surface area (Å²) in [7, 11) is -0.870. The molecule has 4 nitrogen and oxygen atoms in total. The minimum atomic E-state index is -0.870. The van der Waals surface area contributed by atoms with Crippen molar-refractivity contribution in [2.24, 2.45) is 0 Å². The molecule has 7 aromatic rings. The molecule has 0 aliphatic rings. The molecular weight excluding hydrogens is 567 g/mol. The third-order valence-corrected chi connectivity index (χ3v) is 9.89. The van der Waals surface area contributed by atoms with E-state index < -0.39 is 7.92 Å². The maximum Gasteiger partial charge on any atom is 0.164 e. The van der Waals surface area contributed by atoms with Crippen molar-refractivity contribution >= 4 is 23.8 Å². The minimum absolute atomic E-state index is 0.594. The first-order chi connectivity index (χ1) is 22.2. The Bertz CT molecular complexity index is 2010. The van der Waals surface area contributed by atoms with Gasteiger partial charge in [-0.2, -0.15) is 5.26 Å². The molecule has 0 saturated carbocycles. The van der Waals surface area contributed by atoms with Crippen LogP contribution in [0.1, 0.15) is 5.56 Å². The molecule has 212 valence electrons. The van der Waals surface area contributed by atoms with Crippen molar-refractivity contribution < 1.29 is 0 Å². The average molecular weight is 595 g/mol. The van der Waals surface area contributed by atoms with Gasteiger partial charge in [-0.3, -0.25) is 0 Å². The molecule has 0 unspecified atom stereocenters. The summed E-state index contributed by atoms with van der Waals surface area (Å²) in [6, 6.07) is 57.9. The van der Waals surface area contributed by atoms with Gasteiger partial charge in [0.15, 0.2) is 17.5 Å². The van der Waals surface area contributed by atoms with Gasteiger partial charge in [0.05, 0.1) is 11.6 Å². The van der Waals surface area contributed by atoms with E-state index in [1.54, 1.807) is 0 Å². The van der Waals surface area contributed by atoms with E-state index in [1.165, 1.54) is 10.6 Å². The van der Waals surface area contributed by atoms with Crippen LogP contribution in [-0.4, -0.2) is 15.0 Å². The summed E-state index contributed by atoms with van der Waals surface area (Å²) >= 11 is 0. The quantitative estimate of drug-likeness (QED) is 0.175. The summed E-state index contributed by atoms with van der Waals surface area (Å²) in [6.07, 6.45) is 0. The van der Waals surface area contributed by atoms with Crippen molar-refractivity contribution in [3.05, 3.63) is 169 Å². The zero-order valence-electron chi connectivity index (χ0n) is 24.3. The molecule has 6 aromatic carbocycles. The van der Waals surface area contributed by atoms with Crippen molar-refractivity contribution in [3.63, 3.8) is 0 Å². The molecule has 1 heterocycles. The van der Waals surface area contributed by atoms with Crippen molar-refractivity contribution in [1.82, 2.24) is 15.0 Å². The Kier molecular flexibility index (Phi) is 8.01. The van der Waals surface area contributed by atoms with Crippen LogP contribution in [0, 0.1) is 11.3 Å². The fourth-order valence-corrected chi connectivity index (χ4v) is 7.72. The predicted molar refractivity (Wildman–Crippen MR) is 185 cm³/mol. The van der Waals surface area contributed by atoms with E-state index in [0.29, 0.717) is 23.0 Å². The normalized spacial score (nSPS) is 10.8. The highest BCUT2D eigenvalue weighted by atomic mass is 31.1. The number of benzene rings is 6. The van der Waals surface area contributed by atoms with E-state index in [-0.39, 0.29) is 0 Å². The number of hydrogen-bond acceptors (Lipinski definition) is 4. The second-order valence-electron chi connectivity index (χ2n) is 10.5. The van der Waals surface area contributed by atoms with Crippen molar-refractivity contribution in [1.29, 1.82) is 5.26 Å². The molecule has 0 radical (unpaired) electrons. The fraction of sp³-hybridized carbons (Fsp3) is 0. The molecule has 0 bridgehead atoms. The lowest BCUT2D eigenvalue weighted by Gasteiger charge is -2.20. The lowest BCUT2D eigenvalue weighted by Crippen LogP contribution is -2.21. The van der Waals surface area contributed by atoms with Crippen LogP contribution in [-0.2, 0) is 0 Å². The monoisotopic (exact) mass is 594 g/mol. The molecule has 0 spiro atoms. The van der Waals surface area contributed by atoms with Crippen LogP contribution in [0.4, 0.5) is 0 Å². The van der Waals surface area contributed by atoms with Gasteiger partial charge < -0.3 is 0 Å². The summed E-state index contributed by atoms with van der Waals surface area (Å²) in [6.45, 7) is 0. The first-order valence-electron chi connectivity index (χ1n) is 14.7. The molecule has 0 aliphatic heterocycles. The second-order valence-corrected chi connectivity index (χ2v) is 12.7. The smallest absolute Gasteiger partial charge is 0.164 e. The Morgan fingerprint density at radius 1 is 0.378 bits per heavy atom. The zero-order valence-corrected chi connectivity index (χ0v) is 25.2. The molecule has 0 fully saturated rings. The Morgan fingerprint density at radius 2 is 0.822 bits per heavy atom. The van der Waals surface area contributed by atoms with Gasteiger partial charge >= 0.3 is 0 Å². The maximum atomic E-state index is 10.1. The van der Waals surface area contributed by atoms with E-state index >= 15 is 0 Å². The third-order valence-electron chi connectivity index (χ3n) is 7.49.